The third kappa shape index (κ3) is 5.80. The standard InChI is InChI=1S/C19H20ClNO4/c1-3-17(25-15-7-5-4-6-8-15)19(23)24-12-18(22)21-14-10-9-13(2)16(20)11-14/h4-11,17H,3,12H2,1-2H3,(H,21,22)/t17-/m0/s1. The molecule has 25 heavy (non-hydrogen) atoms. The molecule has 1 atom stereocenters. The van der Waals surface area contributed by atoms with Crippen LogP contribution >= 0.6 is 11.6 Å². The molecule has 0 radical (unpaired) electrons. The number of hydrogen-bond acceptors (Lipinski definition) is 4. The Hall–Kier alpha value is -2.53. The van der Waals surface area contributed by atoms with Crippen LogP contribution in [0.25, 0.3) is 0 Å². The summed E-state index contributed by atoms with van der Waals surface area (Å²) in [7, 11) is 0. The minimum absolute atomic E-state index is 0.390. The Morgan fingerprint density at radius 3 is 2.52 bits per heavy atom. The van der Waals surface area contributed by atoms with Crippen molar-refractivity contribution in [2.45, 2.75) is 26.4 Å². The van der Waals surface area contributed by atoms with Gasteiger partial charge < -0.3 is 14.8 Å². The zero-order chi connectivity index (χ0) is 18.2. The number of hydrogen-bond donors (Lipinski definition) is 1. The number of amides is 1. The van der Waals surface area contributed by atoms with E-state index >= 15 is 0 Å². The molecule has 0 bridgehead atoms. The van der Waals surface area contributed by atoms with Gasteiger partial charge >= 0.3 is 5.97 Å². The van der Waals surface area contributed by atoms with E-state index in [9.17, 15) is 9.59 Å². The molecule has 2 aromatic carbocycles. The number of rotatable bonds is 7. The average Bonchev–Trinajstić information content (AvgIpc) is 2.61. The number of aryl methyl sites for hydroxylation is 1. The normalized spacial score (nSPS) is 11.5. The molecule has 2 aromatic rings. The van der Waals surface area contributed by atoms with E-state index in [1.54, 1.807) is 30.3 Å². The van der Waals surface area contributed by atoms with Gasteiger partial charge in [0.2, 0.25) is 0 Å². The number of ether oxygens (including phenoxy) is 2. The predicted octanol–water partition coefficient (Wildman–Crippen LogP) is 3.99. The molecule has 1 N–H and O–H groups in total. The zero-order valence-corrected chi connectivity index (χ0v) is 14.9. The van der Waals surface area contributed by atoms with Gasteiger partial charge in [-0.15, -0.1) is 0 Å². The topological polar surface area (TPSA) is 64.6 Å². The van der Waals surface area contributed by atoms with E-state index in [-0.39, 0.29) is 6.61 Å². The molecule has 132 valence electrons. The highest BCUT2D eigenvalue weighted by molar-refractivity contribution is 6.31. The Morgan fingerprint density at radius 2 is 1.88 bits per heavy atom. The van der Waals surface area contributed by atoms with E-state index in [1.165, 1.54) is 0 Å². The maximum Gasteiger partial charge on any atom is 0.347 e. The molecule has 0 aliphatic heterocycles. The van der Waals surface area contributed by atoms with Crippen molar-refractivity contribution in [2.24, 2.45) is 0 Å². The minimum Gasteiger partial charge on any atom is -0.479 e. The lowest BCUT2D eigenvalue weighted by molar-refractivity contribution is -0.154. The molecule has 0 fully saturated rings. The number of nitrogens with one attached hydrogen (secondary N) is 1. The Morgan fingerprint density at radius 1 is 1.16 bits per heavy atom. The molecule has 0 aliphatic carbocycles. The van der Waals surface area contributed by atoms with Gasteiger partial charge in [0, 0.05) is 10.7 Å². The van der Waals surface area contributed by atoms with Crippen molar-refractivity contribution in [1.29, 1.82) is 0 Å². The molecular formula is C19H20ClNO4. The summed E-state index contributed by atoms with van der Waals surface area (Å²) in [5.74, 6) is -0.448. The van der Waals surface area contributed by atoms with E-state index in [0.29, 0.717) is 22.9 Å². The average molecular weight is 362 g/mol. The van der Waals surface area contributed by atoms with E-state index in [2.05, 4.69) is 5.32 Å². The van der Waals surface area contributed by atoms with E-state index in [0.717, 1.165) is 5.56 Å². The van der Waals surface area contributed by atoms with Crippen LogP contribution in [0, 0.1) is 6.92 Å². The molecule has 0 spiro atoms. The number of carbonyl (C=O) groups excluding carboxylic acids is 2. The lowest BCUT2D eigenvalue weighted by Gasteiger charge is -2.16. The van der Waals surface area contributed by atoms with Gasteiger partial charge in [0.15, 0.2) is 12.7 Å². The fraction of sp³-hybridized carbons (Fsp3) is 0.263. The Kier molecular flexibility index (Phi) is 6.83. The van der Waals surface area contributed by atoms with Gasteiger partial charge in [-0.3, -0.25) is 4.79 Å². The Balaban J connectivity index is 1.84. The van der Waals surface area contributed by atoms with Crippen molar-refractivity contribution in [3.05, 3.63) is 59.1 Å². The summed E-state index contributed by atoms with van der Waals surface area (Å²) < 4.78 is 10.6. The highest BCUT2D eigenvalue weighted by Gasteiger charge is 2.21. The molecule has 0 aromatic heterocycles. The van der Waals surface area contributed by atoms with Crippen LogP contribution in [0.2, 0.25) is 5.02 Å². The second kappa shape index (κ2) is 9.08. The van der Waals surface area contributed by atoms with Crippen molar-refractivity contribution in [3.8, 4) is 5.75 Å². The van der Waals surface area contributed by atoms with E-state index in [4.69, 9.17) is 21.1 Å². The summed E-state index contributed by atoms with van der Waals surface area (Å²) >= 11 is 6.01. The van der Waals surface area contributed by atoms with Gasteiger partial charge in [-0.25, -0.2) is 4.79 Å². The van der Waals surface area contributed by atoms with Crippen LogP contribution < -0.4 is 10.1 Å². The summed E-state index contributed by atoms with van der Waals surface area (Å²) in [4.78, 5) is 24.0. The predicted molar refractivity (Wildman–Crippen MR) is 96.9 cm³/mol. The largest absolute Gasteiger partial charge is 0.479 e. The van der Waals surface area contributed by atoms with E-state index in [1.807, 2.05) is 32.0 Å². The van der Waals surface area contributed by atoms with Crippen molar-refractivity contribution < 1.29 is 19.1 Å². The zero-order valence-electron chi connectivity index (χ0n) is 14.1. The SMILES string of the molecule is CC[C@H](Oc1ccccc1)C(=O)OCC(=O)Nc1ccc(C)c(Cl)c1. The maximum absolute atomic E-state index is 12.1. The third-order valence-electron chi connectivity index (χ3n) is 3.46. The van der Waals surface area contributed by atoms with Crippen LogP contribution in [0.5, 0.6) is 5.75 Å². The Bertz CT molecular complexity index is 733. The second-order valence-corrected chi connectivity index (χ2v) is 5.85. The summed E-state index contributed by atoms with van der Waals surface area (Å²) in [5, 5.41) is 3.18. The Labute approximate surface area is 151 Å². The lowest BCUT2D eigenvalue weighted by Crippen LogP contribution is -2.31. The van der Waals surface area contributed by atoms with Crippen LogP contribution in [-0.2, 0) is 14.3 Å². The monoisotopic (exact) mass is 361 g/mol. The number of esters is 1. The van der Waals surface area contributed by atoms with Crippen molar-refractivity contribution in [1.82, 2.24) is 0 Å². The summed E-state index contributed by atoms with van der Waals surface area (Å²) in [6, 6.07) is 14.2. The molecule has 0 saturated carbocycles. The van der Waals surface area contributed by atoms with Crippen molar-refractivity contribution in [2.75, 3.05) is 11.9 Å². The van der Waals surface area contributed by atoms with Crippen LogP contribution in [0.3, 0.4) is 0 Å². The van der Waals surface area contributed by atoms with Crippen LogP contribution in [0.15, 0.2) is 48.5 Å². The molecule has 0 aliphatic rings. The second-order valence-electron chi connectivity index (χ2n) is 5.45. The van der Waals surface area contributed by atoms with Crippen LogP contribution in [-0.4, -0.2) is 24.6 Å². The summed E-state index contributed by atoms with van der Waals surface area (Å²) in [6.45, 7) is 3.29. The number of halogens is 1. The third-order valence-corrected chi connectivity index (χ3v) is 3.86. The molecule has 5 nitrogen and oxygen atoms in total. The lowest BCUT2D eigenvalue weighted by atomic mass is 10.2. The fourth-order valence-electron chi connectivity index (χ4n) is 2.06. The molecule has 1 amide bonds. The van der Waals surface area contributed by atoms with E-state index < -0.39 is 18.0 Å². The number of anilines is 1. The van der Waals surface area contributed by atoms with Gasteiger partial charge in [-0.1, -0.05) is 42.8 Å². The maximum atomic E-state index is 12.1. The quantitative estimate of drug-likeness (QED) is 0.757. The first-order valence-corrected chi connectivity index (χ1v) is 8.31. The van der Waals surface area contributed by atoms with Crippen LogP contribution in [0.1, 0.15) is 18.9 Å². The van der Waals surface area contributed by atoms with Gasteiger partial charge in [-0.05, 0) is 43.2 Å². The first-order chi connectivity index (χ1) is 12.0. The smallest absolute Gasteiger partial charge is 0.347 e. The molecule has 6 heteroatoms. The number of para-hydroxylation sites is 1. The van der Waals surface area contributed by atoms with Crippen LogP contribution in [0.4, 0.5) is 5.69 Å². The molecule has 0 saturated heterocycles. The summed E-state index contributed by atoms with van der Waals surface area (Å²) in [6.07, 6.45) is -0.327. The van der Waals surface area contributed by atoms with Gasteiger partial charge in [-0.2, -0.15) is 0 Å². The number of carbonyl (C=O) groups is 2. The molecular weight excluding hydrogens is 342 g/mol. The highest BCUT2D eigenvalue weighted by atomic mass is 35.5. The number of benzene rings is 2. The van der Waals surface area contributed by atoms with Gasteiger partial charge in [0.05, 0.1) is 0 Å². The summed E-state index contributed by atoms with van der Waals surface area (Å²) in [5.41, 5.74) is 1.46. The van der Waals surface area contributed by atoms with Gasteiger partial charge in [0.1, 0.15) is 5.75 Å². The highest BCUT2D eigenvalue weighted by Crippen LogP contribution is 2.20. The van der Waals surface area contributed by atoms with Crippen molar-refractivity contribution in [3.63, 3.8) is 0 Å². The first-order valence-electron chi connectivity index (χ1n) is 7.94. The minimum atomic E-state index is -0.760. The molecule has 0 unspecified atom stereocenters. The van der Waals surface area contributed by atoms with Crippen molar-refractivity contribution >= 4 is 29.2 Å². The van der Waals surface area contributed by atoms with Gasteiger partial charge in [0.25, 0.3) is 5.91 Å². The first kappa shape index (κ1) is 18.8. The fourth-order valence-corrected chi connectivity index (χ4v) is 2.24. The molecule has 0 heterocycles. The molecule has 2 rings (SSSR count).